The van der Waals surface area contributed by atoms with E-state index in [4.69, 9.17) is 9.84 Å². The van der Waals surface area contributed by atoms with Crippen LogP contribution in [0.3, 0.4) is 0 Å². The summed E-state index contributed by atoms with van der Waals surface area (Å²) in [6, 6.07) is 14.7. The number of hydrogen-bond acceptors (Lipinski definition) is 6. The van der Waals surface area contributed by atoms with Gasteiger partial charge in [-0.05, 0) is 118 Å². The van der Waals surface area contributed by atoms with Crippen molar-refractivity contribution in [1.29, 1.82) is 0 Å². The van der Waals surface area contributed by atoms with Crippen LogP contribution in [0.5, 0.6) is 0 Å². The number of aryl methyl sites for hydroxylation is 1. The number of carbonyl (C=O) groups is 3. The van der Waals surface area contributed by atoms with E-state index in [9.17, 15) is 19.5 Å². The third kappa shape index (κ3) is 7.63. The van der Waals surface area contributed by atoms with Crippen LogP contribution in [0.4, 0.5) is 5.69 Å². The van der Waals surface area contributed by atoms with Crippen LogP contribution in [0.2, 0.25) is 0 Å². The molecule has 0 spiro atoms. The van der Waals surface area contributed by atoms with Crippen LogP contribution in [-0.2, 0) is 22.5 Å². The first-order valence-electron chi connectivity index (χ1n) is 19.9. The third-order valence-corrected chi connectivity index (χ3v) is 12.4. The number of amides is 2. The molecule has 5 aliphatic rings. The number of aliphatic hydroxyl groups excluding tert-OH is 1. The number of unbranched alkanes of at least 4 members (excludes halogenated alkanes) is 2. The highest BCUT2D eigenvalue weighted by Gasteiger charge is 2.51. The smallest absolute Gasteiger partial charge is 0.256 e. The zero-order chi connectivity index (χ0) is 36.4. The van der Waals surface area contributed by atoms with Crippen LogP contribution in [0, 0.1) is 30.6 Å². The summed E-state index contributed by atoms with van der Waals surface area (Å²) in [5.74, 6) is 1.62. The molecule has 9 heteroatoms. The maximum absolute atomic E-state index is 14.7. The second-order valence-corrected chi connectivity index (χ2v) is 16.3. The molecular weight excluding hydrogens is 652 g/mol. The first-order valence-corrected chi connectivity index (χ1v) is 19.9. The number of Topliss-reactive ketones (excluding diaryl/α,β-unsaturated/α-hetero) is 1. The van der Waals surface area contributed by atoms with Crippen molar-refractivity contribution in [2.45, 2.75) is 122 Å². The number of nitrogens with one attached hydrogen (secondary N) is 1. The molecule has 0 unspecified atom stereocenters. The highest BCUT2D eigenvalue weighted by molar-refractivity contribution is 6.01. The van der Waals surface area contributed by atoms with Gasteiger partial charge in [0.15, 0.2) is 5.78 Å². The quantitative estimate of drug-likeness (QED) is 0.156. The number of hydrogen-bond donors (Lipinski definition) is 2. The van der Waals surface area contributed by atoms with Gasteiger partial charge in [-0.15, -0.1) is 0 Å². The SMILES string of the molecule is CCCCC(CCCC)C(=O)c1cc(C)n(-c2ccc(NC(=O)COC34CC5CC(CC(C5)C3)C4)cc2C(=O)N2Cc3ccccc3C[C@H]2CO)n1. The minimum Gasteiger partial charge on any atom is -0.394 e. The second-order valence-electron chi connectivity index (χ2n) is 16.3. The molecule has 278 valence electrons. The Balaban J connectivity index is 1.17. The fourth-order valence-electron chi connectivity index (χ4n) is 10.1. The van der Waals surface area contributed by atoms with Crippen molar-refractivity contribution in [3.8, 4) is 5.69 Å². The van der Waals surface area contributed by atoms with Gasteiger partial charge in [-0.1, -0.05) is 63.8 Å². The van der Waals surface area contributed by atoms with E-state index < -0.39 is 6.04 Å². The van der Waals surface area contributed by atoms with Crippen molar-refractivity contribution in [2.75, 3.05) is 18.5 Å². The second kappa shape index (κ2) is 15.7. The molecule has 1 aliphatic heterocycles. The van der Waals surface area contributed by atoms with E-state index in [2.05, 4.69) is 19.2 Å². The number of benzene rings is 2. The lowest BCUT2D eigenvalue weighted by molar-refractivity contribution is -0.167. The molecule has 2 N–H and O–H groups in total. The summed E-state index contributed by atoms with van der Waals surface area (Å²) in [6.07, 6.45) is 13.3. The van der Waals surface area contributed by atoms with E-state index in [0.29, 0.717) is 35.6 Å². The van der Waals surface area contributed by atoms with E-state index >= 15 is 0 Å². The molecule has 4 aliphatic carbocycles. The number of anilines is 1. The number of ether oxygens (including phenoxy) is 1. The van der Waals surface area contributed by atoms with Gasteiger partial charge in [0.2, 0.25) is 5.91 Å². The highest BCUT2D eigenvalue weighted by Crippen LogP contribution is 2.57. The van der Waals surface area contributed by atoms with Gasteiger partial charge in [-0.3, -0.25) is 14.4 Å². The van der Waals surface area contributed by atoms with Crippen molar-refractivity contribution in [3.63, 3.8) is 0 Å². The first kappa shape index (κ1) is 36.5. The molecular formula is C43H56N4O5. The number of aliphatic hydroxyl groups is 1. The molecule has 2 amide bonds. The Morgan fingerprint density at radius 1 is 0.942 bits per heavy atom. The van der Waals surface area contributed by atoms with Crippen LogP contribution in [0.15, 0.2) is 48.5 Å². The molecule has 1 atom stereocenters. The number of carbonyl (C=O) groups excluding carboxylic acids is 3. The molecule has 4 fully saturated rings. The summed E-state index contributed by atoms with van der Waals surface area (Å²) in [7, 11) is 0. The fraction of sp³-hybridized carbons (Fsp3) is 0.581. The van der Waals surface area contributed by atoms with E-state index in [0.717, 1.165) is 92.4 Å². The van der Waals surface area contributed by atoms with Gasteiger partial charge in [0, 0.05) is 23.8 Å². The van der Waals surface area contributed by atoms with Crippen LogP contribution < -0.4 is 5.32 Å². The molecule has 2 heterocycles. The molecule has 3 aromatic rings. The number of fused-ring (bicyclic) bond motifs is 1. The lowest BCUT2D eigenvalue weighted by Gasteiger charge is -2.56. The topological polar surface area (TPSA) is 114 Å². The Morgan fingerprint density at radius 3 is 2.23 bits per heavy atom. The summed E-state index contributed by atoms with van der Waals surface area (Å²) in [4.78, 5) is 43.6. The molecule has 2 aromatic carbocycles. The minimum atomic E-state index is -0.407. The third-order valence-electron chi connectivity index (χ3n) is 12.4. The lowest BCUT2D eigenvalue weighted by atomic mass is 9.54. The predicted molar refractivity (Wildman–Crippen MR) is 202 cm³/mol. The summed E-state index contributed by atoms with van der Waals surface area (Å²) < 4.78 is 8.14. The number of ketones is 1. The van der Waals surface area contributed by atoms with Crippen molar-refractivity contribution >= 4 is 23.3 Å². The van der Waals surface area contributed by atoms with Crippen LogP contribution in [0.25, 0.3) is 5.69 Å². The van der Waals surface area contributed by atoms with E-state index in [1.807, 2.05) is 37.3 Å². The zero-order valence-corrected chi connectivity index (χ0v) is 31.2. The Hall–Kier alpha value is -3.82. The lowest BCUT2D eigenvalue weighted by Crippen LogP contribution is -2.52. The summed E-state index contributed by atoms with van der Waals surface area (Å²) in [6.45, 7) is 6.34. The van der Waals surface area contributed by atoms with E-state index in [-0.39, 0.29) is 42.3 Å². The number of aromatic nitrogens is 2. The Morgan fingerprint density at radius 2 is 1.60 bits per heavy atom. The standard InChI is InChI=1S/C43H56N4O5/c1-4-6-10-32(11-7-5-2)41(50)38-16-28(3)47(45-38)39-15-14-35(44-40(49)27-52-43-22-29-17-30(23-43)19-31(18-29)24-43)21-37(39)42(51)46-25-34-13-9-8-12-33(34)20-36(46)26-48/h8-9,12-16,21,29-32,36,48H,4-7,10-11,17-20,22-27H2,1-3H3,(H,44,49)/t29?,30?,31?,36-,43?/m0/s1. The summed E-state index contributed by atoms with van der Waals surface area (Å²) >= 11 is 0. The molecule has 0 saturated heterocycles. The van der Waals surface area contributed by atoms with Gasteiger partial charge >= 0.3 is 0 Å². The van der Waals surface area contributed by atoms with Crippen LogP contribution >= 0.6 is 0 Å². The molecule has 0 radical (unpaired) electrons. The monoisotopic (exact) mass is 708 g/mol. The maximum Gasteiger partial charge on any atom is 0.256 e. The van der Waals surface area contributed by atoms with Crippen molar-refractivity contribution in [3.05, 3.63) is 76.6 Å². The van der Waals surface area contributed by atoms with E-state index in [1.54, 1.807) is 27.8 Å². The summed E-state index contributed by atoms with van der Waals surface area (Å²) in [5, 5.41) is 18.3. The number of nitrogens with zero attached hydrogens (tertiary/aromatic N) is 3. The fourth-order valence-corrected chi connectivity index (χ4v) is 10.1. The molecule has 4 bridgehead atoms. The van der Waals surface area contributed by atoms with Gasteiger partial charge in [0.05, 0.1) is 29.5 Å². The molecule has 4 saturated carbocycles. The maximum atomic E-state index is 14.7. The average molecular weight is 709 g/mol. The molecule has 1 aromatic heterocycles. The van der Waals surface area contributed by atoms with Crippen molar-refractivity contribution in [1.82, 2.24) is 14.7 Å². The largest absolute Gasteiger partial charge is 0.394 e. The van der Waals surface area contributed by atoms with Crippen LogP contribution in [-0.4, -0.2) is 62.2 Å². The zero-order valence-electron chi connectivity index (χ0n) is 31.2. The van der Waals surface area contributed by atoms with E-state index in [1.165, 1.54) is 19.3 Å². The van der Waals surface area contributed by atoms with Gasteiger partial charge < -0.3 is 20.1 Å². The Kier molecular flexibility index (Phi) is 11.0. The van der Waals surface area contributed by atoms with Crippen LogP contribution in [0.1, 0.15) is 129 Å². The summed E-state index contributed by atoms with van der Waals surface area (Å²) in [5.41, 5.74) is 4.50. The molecule has 9 nitrogen and oxygen atoms in total. The highest BCUT2D eigenvalue weighted by atomic mass is 16.5. The van der Waals surface area contributed by atoms with Crippen molar-refractivity contribution in [2.24, 2.45) is 23.7 Å². The average Bonchev–Trinajstić information content (AvgIpc) is 3.53. The number of rotatable bonds is 15. The van der Waals surface area contributed by atoms with Gasteiger partial charge in [0.25, 0.3) is 5.91 Å². The first-order chi connectivity index (χ1) is 25.2. The molecule has 52 heavy (non-hydrogen) atoms. The molecule has 8 rings (SSSR count). The predicted octanol–water partition coefficient (Wildman–Crippen LogP) is 7.84. The Labute approximate surface area is 308 Å². The van der Waals surface area contributed by atoms with Gasteiger partial charge in [-0.25, -0.2) is 4.68 Å². The van der Waals surface area contributed by atoms with Gasteiger partial charge in [0.1, 0.15) is 12.3 Å². The van der Waals surface area contributed by atoms with Gasteiger partial charge in [-0.2, -0.15) is 5.10 Å². The Bertz CT molecular complexity index is 1740. The normalized spacial score (nSPS) is 24.7. The minimum absolute atomic E-state index is 0.0202. The van der Waals surface area contributed by atoms with Crippen molar-refractivity contribution < 1.29 is 24.2 Å².